The van der Waals surface area contributed by atoms with Crippen molar-refractivity contribution in [1.82, 2.24) is 10.2 Å². The van der Waals surface area contributed by atoms with E-state index in [2.05, 4.69) is 10.2 Å². The third kappa shape index (κ3) is 5.15. The molecule has 3 aromatic carbocycles. The summed E-state index contributed by atoms with van der Waals surface area (Å²) in [4.78, 5) is 27.8. The van der Waals surface area contributed by atoms with Crippen molar-refractivity contribution in [1.29, 1.82) is 0 Å². The van der Waals surface area contributed by atoms with Crippen molar-refractivity contribution in [2.24, 2.45) is 0 Å². The van der Waals surface area contributed by atoms with Gasteiger partial charge in [-0.15, -0.1) is 10.2 Å². The molecular formula is C27H19ClFN3O4S2. The monoisotopic (exact) mass is 567 g/mol. The Balaban J connectivity index is 1.52. The van der Waals surface area contributed by atoms with Crippen LogP contribution in [0.2, 0.25) is 5.02 Å². The highest BCUT2D eigenvalue weighted by Crippen LogP contribution is 2.44. The van der Waals surface area contributed by atoms with E-state index in [-0.39, 0.29) is 22.3 Å². The van der Waals surface area contributed by atoms with E-state index in [1.807, 2.05) is 0 Å². The van der Waals surface area contributed by atoms with Crippen molar-refractivity contribution in [3.63, 3.8) is 0 Å². The van der Waals surface area contributed by atoms with E-state index in [0.29, 0.717) is 32.0 Å². The molecule has 5 rings (SSSR count). The molecule has 0 spiro atoms. The molecule has 1 atom stereocenters. The van der Waals surface area contributed by atoms with Crippen LogP contribution in [0.4, 0.5) is 9.52 Å². The van der Waals surface area contributed by atoms with E-state index in [1.54, 1.807) is 60.7 Å². The number of ketones is 1. The standard InChI is InChI=1S/C27H19ClFN3O4S2/c1-36-20-12-6-17(7-13-20)23(33)21-22(16-4-8-18(28)9-5-16)32(25(35)24(21)34)26-30-31-27(38-26)37-14-15-2-10-19(29)11-3-15/h2-13,22,33H,14H2,1H3/t22-/m0/s1. The number of methoxy groups -OCH3 is 1. The molecule has 11 heteroatoms. The van der Waals surface area contributed by atoms with Gasteiger partial charge in [-0.05, 0) is 59.7 Å². The maximum Gasteiger partial charge on any atom is 0.301 e. The van der Waals surface area contributed by atoms with Gasteiger partial charge < -0.3 is 9.84 Å². The Morgan fingerprint density at radius 2 is 1.74 bits per heavy atom. The first-order valence-corrected chi connectivity index (χ1v) is 13.5. The SMILES string of the molecule is COc1ccc(C(O)=C2C(=O)C(=O)N(c3nnc(SCc4ccc(F)cc4)s3)[C@H]2c2ccc(Cl)cc2)cc1. The number of rotatable bonds is 7. The zero-order valence-corrected chi connectivity index (χ0v) is 22.2. The molecule has 1 N–H and O–H groups in total. The molecule has 4 aromatic rings. The fourth-order valence-electron chi connectivity index (χ4n) is 3.98. The first-order chi connectivity index (χ1) is 18.4. The fraction of sp³-hybridized carbons (Fsp3) is 0.111. The lowest BCUT2D eigenvalue weighted by molar-refractivity contribution is -0.132. The van der Waals surface area contributed by atoms with Gasteiger partial charge in [-0.25, -0.2) is 4.39 Å². The lowest BCUT2D eigenvalue weighted by Gasteiger charge is -2.22. The number of carbonyl (C=O) groups is 2. The molecule has 192 valence electrons. The number of halogens is 2. The van der Waals surface area contributed by atoms with Gasteiger partial charge in [-0.2, -0.15) is 0 Å². The molecule has 0 bridgehead atoms. The Hall–Kier alpha value is -3.73. The maximum atomic E-state index is 13.3. The summed E-state index contributed by atoms with van der Waals surface area (Å²) in [6.07, 6.45) is 0. The molecule has 2 heterocycles. The van der Waals surface area contributed by atoms with Crippen LogP contribution in [0.15, 0.2) is 82.7 Å². The summed E-state index contributed by atoms with van der Waals surface area (Å²) < 4.78 is 18.9. The fourth-order valence-corrected chi connectivity index (χ4v) is 5.93. The van der Waals surface area contributed by atoms with Crippen molar-refractivity contribution in [3.05, 3.63) is 106 Å². The van der Waals surface area contributed by atoms with Gasteiger partial charge in [0.25, 0.3) is 5.78 Å². The van der Waals surface area contributed by atoms with E-state index < -0.39 is 17.7 Å². The minimum atomic E-state index is -0.947. The molecule has 0 aliphatic carbocycles. The molecule has 0 radical (unpaired) electrons. The van der Waals surface area contributed by atoms with E-state index >= 15 is 0 Å². The summed E-state index contributed by atoms with van der Waals surface area (Å²) >= 11 is 8.61. The smallest absolute Gasteiger partial charge is 0.301 e. The Kier molecular flexibility index (Phi) is 7.46. The van der Waals surface area contributed by atoms with Crippen molar-refractivity contribution in [3.8, 4) is 5.75 Å². The number of ether oxygens (including phenoxy) is 1. The lowest BCUT2D eigenvalue weighted by atomic mass is 9.95. The second kappa shape index (κ2) is 10.9. The first-order valence-electron chi connectivity index (χ1n) is 11.3. The van der Waals surface area contributed by atoms with Crippen LogP contribution in [-0.2, 0) is 15.3 Å². The summed E-state index contributed by atoms with van der Waals surface area (Å²) in [5.41, 5.74) is 1.75. The van der Waals surface area contributed by atoms with Gasteiger partial charge in [0.1, 0.15) is 17.3 Å². The van der Waals surface area contributed by atoms with Crippen LogP contribution in [0.1, 0.15) is 22.7 Å². The largest absolute Gasteiger partial charge is 0.507 e. The predicted molar refractivity (Wildman–Crippen MR) is 145 cm³/mol. The Bertz CT molecular complexity index is 1520. The highest BCUT2D eigenvalue weighted by atomic mass is 35.5. The zero-order chi connectivity index (χ0) is 26.8. The van der Waals surface area contributed by atoms with Gasteiger partial charge in [0.05, 0.1) is 18.7 Å². The predicted octanol–water partition coefficient (Wildman–Crippen LogP) is 6.26. The molecular weight excluding hydrogens is 549 g/mol. The molecule has 1 aromatic heterocycles. The van der Waals surface area contributed by atoms with Crippen LogP contribution in [0.3, 0.4) is 0 Å². The van der Waals surface area contributed by atoms with Crippen LogP contribution in [0, 0.1) is 5.82 Å². The third-order valence-electron chi connectivity index (χ3n) is 5.87. The summed E-state index contributed by atoms with van der Waals surface area (Å²) in [6.45, 7) is 0. The van der Waals surface area contributed by atoms with Crippen LogP contribution >= 0.6 is 34.7 Å². The highest BCUT2D eigenvalue weighted by Gasteiger charge is 2.48. The highest BCUT2D eigenvalue weighted by molar-refractivity contribution is 8.00. The van der Waals surface area contributed by atoms with Crippen molar-refractivity contribution in [2.45, 2.75) is 16.1 Å². The maximum absolute atomic E-state index is 13.3. The molecule has 1 saturated heterocycles. The van der Waals surface area contributed by atoms with Crippen LogP contribution in [0.25, 0.3) is 5.76 Å². The van der Waals surface area contributed by atoms with Crippen LogP contribution in [0.5, 0.6) is 5.75 Å². The van der Waals surface area contributed by atoms with E-state index in [9.17, 15) is 19.1 Å². The summed E-state index contributed by atoms with van der Waals surface area (Å²) in [5, 5.41) is 20.3. The van der Waals surface area contributed by atoms with Crippen LogP contribution in [-0.4, -0.2) is 34.1 Å². The minimum Gasteiger partial charge on any atom is -0.507 e. The van der Waals surface area contributed by atoms with E-state index in [0.717, 1.165) is 16.9 Å². The third-order valence-corrected chi connectivity index (χ3v) is 8.25. The Labute approximate surface area is 230 Å². The van der Waals surface area contributed by atoms with E-state index in [4.69, 9.17) is 16.3 Å². The quantitative estimate of drug-likeness (QED) is 0.0926. The van der Waals surface area contributed by atoms with Gasteiger partial charge in [0, 0.05) is 16.3 Å². The topological polar surface area (TPSA) is 92.6 Å². The first kappa shape index (κ1) is 25.9. The molecule has 1 aliphatic rings. The van der Waals surface area contributed by atoms with Gasteiger partial charge in [-0.3, -0.25) is 14.5 Å². The number of benzene rings is 3. The summed E-state index contributed by atoms with van der Waals surface area (Å²) in [5.74, 6) is -1.20. The summed E-state index contributed by atoms with van der Waals surface area (Å²) in [7, 11) is 1.52. The summed E-state index contributed by atoms with van der Waals surface area (Å²) in [6, 6.07) is 18.4. The Morgan fingerprint density at radius 1 is 1.05 bits per heavy atom. The number of hydrogen-bond donors (Lipinski definition) is 1. The number of thioether (sulfide) groups is 1. The number of aliphatic hydroxyl groups excluding tert-OH is 1. The second-order valence-corrected chi connectivity index (χ2v) is 10.8. The van der Waals surface area contributed by atoms with Crippen molar-refractivity contribution < 1.29 is 23.8 Å². The number of aromatic nitrogens is 2. The molecule has 1 aliphatic heterocycles. The number of anilines is 1. The van der Waals surface area contributed by atoms with E-state index in [1.165, 1.54) is 35.9 Å². The number of carbonyl (C=O) groups excluding carboxylic acids is 2. The number of nitrogens with zero attached hydrogens (tertiary/aromatic N) is 3. The molecule has 7 nitrogen and oxygen atoms in total. The minimum absolute atomic E-state index is 0.0711. The van der Waals surface area contributed by atoms with Gasteiger partial charge >= 0.3 is 5.91 Å². The lowest BCUT2D eigenvalue weighted by Crippen LogP contribution is -2.29. The molecule has 0 saturated carbocycles. The number of aliphatic hydroxyl groups is 1. The molecule has 0 unspecified atom stereocenters. The Morgan fingerprint density at radius 3 is 2.39 bits per heavy atom. The average Bonchev–Trinajstić information content (AvgIpc) is 3.50. The van der Waals surface area contributed by atoms with Gasteiger partial charge in [0.2, 0.25) is 5.13 Å². The average molecular weight is 568 g/mol. The van der Waals surface area contributed by atoms with Crippen LogP contribution < -0.4 is 9.64 Å². The second-order valence-electron chi connectivity index (χ2n) is 8.21. The van der Waals surface area contributed by atoms with Crippen molar-refractivity contribution in [2.75, 3.05) is 12.0 Å². The van der Waals surface area contributed by atoms with Crippen molar-refractivity contribution >= 4 is 57.3 Å². The number of Topliss-reactive ketones (excluding diaryl/α,β-unsaturated/α-hetero) is 1. The zero-order valence-electron chi connectivity index (χ0n) is 19.8. The number of amides is 1. The molecule has 1 fully saturated rings. The van der Waals surface area contributed by atoms with Gasteiger partial charge in [0.15, 0.2) is 4.34 Å². The normalized spacial score (nSPS) is 16.7. The number of hydrogen-bond acceptors (Lipinski definition) is 8. The molecule has 38 heavy (non-hydrogen) atoms. The van der Waals surface area contributed by atoms with Gasteiger partial charge in [-0.1, -0.05) is 59.0 Å². The molecule has 1 amide bonds.